The molecule has 0 rings (SSSR count). The van der Waals surface area contributed by atoms with Crippen LogP contribution < -0.4 is 0 Å². The number of unbranched alkanes of at least 4 members (excludes halogenated alkanes) is 2. The van der Waals surface area contributed by atoms with Gasteiger partial charge in [0.1, 0.15) is 5.25 Å². The van der Waals surface area contributed by atoms with Crippen molar-refractivity contribution in [2.75, 3.05) is 19.0 Å². The van der Waals surface area contributed by atoms with Crippen molar-refractivity contribution in [2.45, 2.75) is 58.6 Å². The van der Waals surface area contributed by atoms with Crippen molar-refractivity contribution in [3.63, 3.8) is 0 Å². The van der Waals surface area contributed by atoms with Crippen molar-refractivity contribution in [1.29, 1.82) is 0 Å². The van der Waals surface area contributed by atoms with Gasteiger partial charge in [-0.15, -0.1) is 11.8 Å². The Morgan fingerprint density at radius 2 is 1.79 bits per heavy atom. The summed E-state index contributed by atoms with van der Waals surface area (Å²) in [5, 5.41) is -0.0656. The average Bonchev–Trinajstić information content (AvgIpc) is 2.33. The van der Waals surface area contributed by atoms with Crippen LogP contribution in [-0.4, -0.2) is 30.3 Å². The predicted octanol–water partition coefficient (Wildman–Crippen LogP) is 4.47. The van der Waals surface area contributed by atoms with Gasteiger partial charge in [0, 0.05) is 0 Å². The maximum atomic E-state index is 12.0. The molecule has 0 aliphatic rings. The standard InChI is InChI=1S/C15H29FO2S/c1-12(2)10-14(15(17)18-11-13(3)4)19-9-7-5-6-8-16/h12-14H,5-11H2,1-4H3. The van der Waals surface area contributed by atoms with E-state index in [1.54, 1.807) is 11.8 Å². The number of alkyl halides is 1. The highest BCUT2D eigenvalue weighted by molar-refractivity contribution is 8.00. The smallest absolute Gasteiger partial charge is 0.319 e. The summed E-state index contributed by atoms with van der Waals surface area (Å²) < 4.78 is 17.3. The van der Waals surface area contributed by atoms with E-state index in [-0.39, 0.29) is 17.9 Å². The van der Waals surface area contributed by atoms with Crippen LogP contribution in [0.2, 0.25) is 0 Å². The molecule has 0 aromatic carbocycles. The summed E-state index contributed by atoms with van der Waals surface area (Å²) in [5.74, 6) is 1.68. The van der Waals surface area contributed by atoms with Gasteiger partial charge >= 0.3 is 5.97 Å². The van der Waals surface area contributed by atoms with E-state index in [0.717, 1.165) is 25.0 Å². The van der Waals surface area contributed by atoms with E-state index >= 15 is 0 Å². The zero-order chi connectivity index (χ0) is 14.7. The van der Waals surface area contributed by atoms with E-state index < -0.39 is 0 Å². The molecule has 0 aliphatic carbocycles. The second-order valence-corrected chi connectivity index (χ2v) is 7.07. The van der Waals surface area contributed by atoms with Crippen molar-refractivity contribution in [3.8, 4) is 0 Å². The predicted molar refractivity (Wildman–Crippen MR) is 81.3 cm³/mol. The Morgan fingerprint density at radius 1 is 1.11 bits per heavy atom. The zero-order valence-electron chi connectivity index (χ0n) is 12.8. The molecule has 1 unspecified atom stereocenters. The monoisotopic (exact) mass is 292 g/mol. The molecule has 0 saturated heterocycles. The Balaban J connectivity index is 4.03. The number of esters is 1. The van der Waals surface area contributed by atoms with Gasteiger partial charge in [-0.05, 0) is 36.9 Å². The lowest BCUT2D eigenvalue weighted by Gasteiger charge is -2.18. The van der Waals surface area contributed by atoms with Crippen LogP contribution in [0, 0.1) is 11.8 Å². The molecule has 0 heterocycles. The molecule has 0 fully saturated rings. The molecule has 0 spiro atoms. The summed E-state index contributed by atoms with van der Waals surface area (Å²) in [7, 11) is 0. The fourth-order valence-electron chi connectivity index (χ4n) is 1.60. The van der Waals surface area contributed by atoms with Crippen LogP contribution >= 0.6 is 11.8 Å². The minimum atomic E-state index is -0.240. The molecule has 19 heavy (non-hydrogen) atoms. The molecule has 0 radical (unpaired) electrons. The number of ether oxygens (including phenoxy) is 1. The summed E-state index contributed by atoms with van der Waals surface area (Å²) >= 11 is 1.66. The summed E-state index contributed by atoms with van der Waals surface area (Å²) in [6, 6.07) is 0. The van der Waals surface area contributed by atoms with Crippen LogP contribution in [0.3, 0.4) is 0 Å². The molecule has 0 amide bonds. The normalized spacial score (nSPS) is 13.0. The van der Waals surface area contributed by atoms with Crippen molar-refractivity contribution >= 4 is 17.7 Å². The third kappa shape index (κ3) is 11.3. The van der Waals surface area contributed by atoms with Crippen molar-refractivity contribution < 1.29 is 13.9 Å². The number of halogens is 1. The first-order chi connectivity index (χ1) is 8.97. The second kappa shape index (κ2) is 11.6. The Kier molecular flexibility index (Phi) is 11.4. The highest BCUT2D eigenvalue weighted by atomic mass is 32.2. The zero-order valence-corrected chi connectivity index (χ0v) is 13.6. The van der Waals surface area contributed by atoms with Gasteiger partial charge in [-0.25, -0.2) is 0 Å². The van der Waals surface area contributed by atoms with Crippen LogP contribution in [-0.2, 0) is 9.53 Å². The number of carbonyl (C=O) groups is 1. The topological polar surface area (TPSA) is 26.3 Å². The molecule has 0 N–H and O–H groups in total. The van der Waals surface area contributed by atoms with Crippen molar-refractivity contribution in [3.05, 3.63) is 0 Å². The van der Waals surface area contributed by atoms with Crippen LogP contribution in [0.25, 0.3) is 0 Å². The molecular weight excluding hydrogens is 263 g/mol. The summed E-state index contributed by atoms with van der Waals surface area (Å²) in [5.41, 5.74) is 0. The molecule has 0 bridgehead atoms. The lowest BCUT2D eigenvalue weighted by molar-refractivity contribution is -0.144. The Labute approximate surface area is 121 Å². The highest BCUT2D eigenvalue weighted by Gasteiger charge is 2.21. The maximum Gasteiger partial charge on any atom is 0.319 e. The van der Waals surface area contributed by atoms with E-state index in [2.05, 4.69) is 13.8 Å². The Morgan fingerprint density at radius 3 is 2.32 bits per heavy atom. The molecule has 0 aliphatic heterocycles. The molecule has 1 atom stereocenters. The number of carbonyl (C=O) groups excluding carboxylic acids is 1. The van der Waals surface area contributed by atoms with Gasteiger partial charge in [-0.2, -0.15) is 0 Å². The lowest BCUT2D eigenvalue weighted by Crippen LogP contribution is -2.24. The van der Waals surface area contributed by atoms with E-state index in [9.17, 15) is 9.18 Å². The van der Waals surface area contributed by atoms with Crippen LogP contribution in [0.5, 0.6) is 0 Å². The fraction of sp³-hybridized carbons (Fsp3) is 0.933. The quantitative estimate of drug-likeness (QED) is 0.415. The summed E-state index contributed by atoms with van der Waals surface area (Å²) in [6.45, 7) is 8.56. The van der Waals surface area contributed by atoms with Gasteiger partial charge in [0.25, 0.3) is 0 Å². The third-order valence-corrected chi connectivity index (χ3v) is 3.92. The van der Waals surface area contributed by atoms with E-state index in [0.29, 0.717) is 24.9 Å². The summed E-state index contributed by atoms with van der Waals surface area (Å²) in [6.07, 6.45) is 3.36. The molecule has 2 nitrogen and oxygen atoms in total. The van der Waals surface area contributed by atoms with Crippen molar-refractivity contribution in [2.24, 2.45) is 11.8 Å². The van der Waals surface area contributed by atoms with Gasteiger partial charge in [-0.1, -0.05) is 34.1 Å². The minimum absolute atomic E-state index is 0.0656. The van der Waals surface area contributed by atoms with Gasteiger partial charge in [-0.3, -0.25) is 9.18 Å². The van der Waals surface area contributed by atoms with Crippen LogP contribution in [0.15, 0.2) is 0 Å². The first-order valence-corrected chi connectivity index (χ1v) is 8.36. The van der Waals surface area contributed by atoms with Crippen molar-refractivity contribution in [1.82, 2.24) is 0 Å². The number of hydrogen-bond donors (Lipinski definition) is 0. The van der Waals surface area contributed by atoms with E-state index in [1.807, 2.05) is 13.8 Å². The fourth-order valence-corrected chi connectivity index (χ4v) is 2.98. The largest absolute Gasteiger partial charge is 0.465 e. The minimum Gasteiger partial charge on any atom is -0.465 e. The van der Waals surface area contributed by atoms with E-state index in [4.69, 9.17) is 4.74 Å². The highest BCUT2D eigenvalue weighted by Crippen LogP contribution is 2.22. The second-order valence-electron chi connectivity index (χ2n) is 5.76. The summed E-state index contributed by atoms with van der Waals surface area (Å²) in [4.78, 5) is 12.0. The lowest BCUT2D eigenvalue weighted by atomic mass is 10.1. The van der Waals surface area contributed by atoms with Gasteiger partial charge < -0.3 is 4.74 Å². The molecular formula is C15H29FO2S. The number of hydrogen-bond acceptors (Lipinski definition) is 3. The van der Waals surface area contributed by atoms with Gasteiger partial charge in [0.05, 0.1) is 13.3 Å². The number of rotatable bonds is 11. The first-order valence-electron chi connectivity index (χ1n) is 7.31. The van der Waals surface area contributed by atoms with Gasteiger partial charge in [0.2, 0.25) is 0 Å². The molecule has 0 aromatic rings. The molecule has 4 heteroatoms. The first kappa shape index (κ1) is 18.8. The van der Waals surface area contributed by atoms with Crippen LogP contribution in [0.4, 0.5) is 4.39 Å². The molecule has 114 valence electrons. The Hall–Kier alpha value is -0.250. The molecule has 0 aromatic heterocycles. The average molecular weight is 292 g/mol. The number of thioether (sulfide) groups is 1. The van der Waals surface area contributed by atoms with Crippen LogP contribution in [0.1, 0.15) is 53.4 Å². The SMILES string of the molecule is CC(C)COC(=O)C(CC(C)C)SCCCCCF. The molecule has 0 saturated carbocycles. The Bertz CT molecular complexity index is 232. The van der Waals surface area contributed by atoms with Gasteiger partial charge in [0.15, 0.2) is 0 Å². The van der Waals surface area contributed by atoms with E-state index in [1.165, 1.54) is 0 Å². The third-order valence-electron chi connectivity index (χ3n) is 2.60. The maximum absolute atomic E-state index is 12.0.